The molecule has 0 amide bonds. The van der Waals surface area contributed by atoms with Gasteiger partial charge in [0.05, 0.1) is 5.92 Å². The van der Waals surface area contributed by atoms with Crippen molar-refractivity contribution in [2.24, 2.45) is 11.7 Å². The van der Waals surface area contributed by atoms with Crippen molar-refractivity contribution < 1.29 is 9.90 Å². The molecule has 0 aliphatic heterocycles. The fourth-order valence-electron chi connectivity index (χ4n) is 3.87. The number of hydrogen-bond donors (Lipinski definition) is 2. The lowest BCUT2D eigenvalue weighted by molar-refractivity contribution is -0.142. The smallest absolute Gasteiger partial charge is 0.306 e. The number of unbranched alkanes of at least 4 members (excludes halogenated alkanes) is 12. The van der Waals surface area contributed by atoms with Crippen LogP contribution in [0.2, 0.25) is 0 Å². The monoisotopic (exact) mass is 383 g/mol. The summed E-state index contributed by atoms with van der Waals surface area (Å²) in [6.45, 7) is 4.45. The lowest BCUT2D eigenvalue weighted by Gasteiger charge is -2.15. The van der Waals surface area contributed by atoms with Gasteiger partial charge in [0, 0.05) is 6.04 Å². The second kappa shape index (κ2) is 20.2. The minimum absolute atomic E-state index is 0.161. The molecular weight excluding hydrogens is 334 g/mol. The van der Waals surface area contributed by atoms with Crippen LogP contribution < -0.4 is 5.73 Å². The molecule has 0 bridgehead atoms. The lowest BCUT2D eigenvalue weighted by Crippen LogP contribution is -2.21. The summed E-state index contributed by atoms with van der Waals surface area (Å²) in [5.41, 5.74) is 6.24. The molecule has 0 rings (SSSR count). The number of aliphatic carboxylic acids is 1. The molecule has 0 fully saturated rings. The molecule has 162 valence electrons. The van der Waals surface area contributed by atoms with Crippen molar-refractivity contribution in [2.75, 3.05) is 0 Å². The van der Waals surface area contributed by atoms with E-state index >= 15 is 0 Å². The van der Waals surface area contributed by atoms with E-state index in [0.717, 1.165) is 38.5 Å². The summed E-state index contributed by atoms with van der Waals surface area (Å²) in [7, 11) is 0. The number of carboxylic acid groups (broad SMARTS) is 1. The Balaban J connectivity index is 3.52. The SMILES string of the molecule is CCCCCCCCCCCCC(N)CCCC(CCCCCC)C(=O)O. The lowest BCUT2D eigenvalue weighted by atomic mass is 9.93. The summed E-state index contributed by atoms with van der Waals surface area (Å²) in [5.74, 6) is -0.777. The van der Waals surface area contributed by atoms with E-state index < -0.39 is 5.97 Å². The Labute approximate surface area is 169 Å². The van der Waals surface area contributed by atoms with Gasteiger partial charge in [0.25, 0.3) is 0 Å². The van der Waals surface area contributed by atoms with Gasteiger partial charge in [-0.15, -0.1) is 0 Å². The zero-order valence-electron chi connectivity index (χ0n) is 18.5. The summed E-state index contributed by atoms with van der Waals surface area (Å²) in [5, 5.41) is 9.37. The molecule has 27 heavy (non-hydrogen) atoms. The van der Waals surface area contributed by atoms with E-state index in [4.69, 9.17) is 5.73 Å². The third-order valence-corrected chi connectivity index (χ3v) is 5.81. The molecule has 0 heterocycles. The summed E-state index contributed by atoms with van der Waals surface area (Å²) in [6.07, 6.45) is 22.9. The van der Waals surface area contributed by atoms with Crippen LogP contribution in [-0.2, 0) is 4.79 Å². The zero-order valence-corrected chi connectivity index (χ0v) is 18.5. The highest BCUT2D eigenvalue weighted by molar-refractivity contribution is 5.69. The van der Waals surface area contributed by atoms with Gasteiger partial charge in [0.2, 0.25) is 0 Å². The first-order valence-electron chi connectivity index (χ1n) is 12.1. The highest BCUT2D eigenvalue weighted by Gasteiger charge is 2.17. The average Bonchev–Trinajstić information content (AvgIpc) is 2.65. The van der Waals surface area contributed by atoms with E-state index in [1.54, 1.807) is 0 Å². The van der Waals surface area contributed by atoms with E-state index in [-0.39, 0.29) is 12.0 Å². The molecule has 0 aliphatic carbocycles. The Morgan fingerprint density at radius 2 is 1.00 bits per heavy atom. The highest BCUT2D eigenvalue weighted by Crippen LogP contribution is 2.19. The molecule has 0 saturated heterocycles. The number of carboxylic acids is 1. The average molecular weight is 384 g/mol. The Morgan fingerprint density at radius 3 is 1.52 bits per heavy atom. The van der Waals surface area contributed by atoms with E-state index in [1.165, 1.54) is 83.5 Å². The van der Waals surface area contributed by atoms with E-state index in [0.29, 0.717) is 0 Å². The number of hydrogen-bond acceptors (Lipinski definition) is 2. The maximum Gasteiger partial charge on any atom is 0.306 e. The molecular formula is C24H49NO2. The van der Waals surface area contributed by atoms with Crippen molar-refractivity contribution in [3.05, 3.63) is 0 Å². The first-order chi connectivity index (χ1) is 13.1. The predicted octanol–water partition coefficient (Wildman–Crippen LogP) is 7.47. The molecule has 0 saturated carbocycles. The van der Waals surface area contributed by atoms with Crippen molar-refractivity contribution >= 4 is 5.97 Å². The van der Waals surface area contributed by atoms with Crippen LogP contribution in [0, 0.1) is 5.92 Å². The van der Waals surface area contributed by atoms with Gasteiger partial charge in [-0.1, -0.05) is 110 Å². The third-order valence-electron chi connectivity index (χ3n) is 5.81. The Kier molecular flexibility index (Phi) is 19.7. The van der Waals surface area contributed by atoms with Gasteiger partial charge < -0.3 is 10.8 Å². The molecule has 0 aromatic rings. The fourth-order valence-corrected chi connectivity index (χ4v) is 3.87. The summed E-state index contributed by atoms with van der Waals surface area (Å²) in [6, 6.07) is 0.258. The van der Waals surface area contributed by atoms with Gasteiger partial charge >= 0.3 is 5.97 Å². The second-order valence-corrected chi connectivity index (χ2v) is 8.55. The molecule has 3 N–H and O–H groups in total. The molecule has 2 unspecified atom stereocenters. The molecule has 2 atom stereocenters. The van der Waals surface area contributed by atoms with Gasteiger partial charge in [-0.3, -0.25) is 4.79 Å². The second-order valence-electron chi connectivity index (χ2n) is 8.55. The fraction of sp³-hybridized carbons (Fsp3) is 0.958. The van der Waals surface area contributed by atoms with Crippen molar-refractivity contribution in [2.45, 2.75) is 142 Å². The zero-order chi connectivity index (χ0) is 20.2. The van der Waals surface area contributed by atoms with Gasteiger partial charge in [0.1, 0.15) is 0 Å². The van der Waals surface area contributed by atoms with Crippen LogP contribution in [0.1, 0.15) is 136 Å². The minimum atomic E-state index is -0.616. The Hall–Kier alpha value is -0.570. The van der Waals surface area contributed by atoms with Crippen LogP contribution in [0.25, 0.3) is 0 Å². The van der Waals surface area contributed by atoms with Crippen LogP contribution >= 0.6 is 0 Å². The summed E-state index contributed by atoms with van der Waals surface area (Å²) < 4.78 is 0. The van der Waals surface area contributed by atoms with Gasteiger partial charge in [-0.05, 0) is 25.7 Å². The summed E-state index contributed by atoms with van der Waals surface area (Å²) in [4.78, 5) is 11.4. The first-order valence-corrected chi connectivity index (χ1v) is 12.1. The molecule has 0 aromatic carbocycles. The van der Waals surface area contributed by atoms with Crippen LogP contribution in [-0.4, -0.2) is 17.1 Å². The maximum absolute atomic E-state index is 11.4. The van der Waals surface area contributed by atoms with Crippen molar-refractivity contribution in [3.63, 3.8) is 0 Å². The quantitative estimate of drug-likeness (QED) is 0.202. The molecule has 0 aromatic heterocycles. The van der Waals surface area contributed by atoms with Gasteiger partial charge in [0.15, 0.2) is 0 Å². The number of rotatable bonds is 21. The Bertz CT molecular complexity index is 320. The standard InChI is InChI=1S/C24H49NO2/c1-3-5-7-9-10-11-12-13-14-16-20-23(25)21-17-19-22(24(26)27)18-15-8-6-4-2/h22-23H,3-21,25H2,1-2H3,(H,26,27). The Morgan fingerprint density at radius 1 is 0.630 bits per heavy atom. The molecule has 3 heteroatoms. The van der Waals surface area contributed by atoms with E-state index in [1.807, 2.05) is 0 Å². The number of nitrogens with two attached hydrogens (primary N) is 1. The van der Waals surface area contributed by atoms with E-state index in [2.05, 4.69) is 13.8 Å². The highest BCUT2D eigenvalue weighted by atomic mass is 16.4. The molecule has 3 nitrogen and oxygen atoms in total. The number of carbonyl (C=O) groups is 1. The van der Waals surface area contributed by atoms with Gasteiger partial charge in [-0.25, -0.2) is 0 Å². The first kappa shape index (κ1) is 26.4. The van der Waals surface area contributed by atoms with Crippen molar-refractivity contribution in [1.82, 2.24) is 0 Å². The predicted molar refractivity (Wildman–Crippen MR) is 118 cm³/mol. The third kappa shape index (κ3) is 18.6. The molecule has 0 spiro atoms. The summed E-state index contributed by atoms with van der Waals surface area (Å²) >= 11 is 0. The van der Waals surface area contributed by atoms with Crippen molar-refractivity contribution in [3.8, 4) is 0 Å². The minimum Gasteiger partial charge on any atom is -0.481 e. The maximum atomic E-state index is 11.4. The topological polar surface area (TPSA) is 63.3 Å². The van der Waals surface area contributed by atoms with Crippen LogP contribution in [0.3, 0.4) is 0 Å². The van der Waals surface area contributed by atoms with Gasteiger partial charge in [-0.2, -0.15) is 0 Å². The van der Waals surface area contributed by atoms with Crippen LogP contribution in [0.5, 0.6) is 0 Å². The van der Waals surface area contributed by atoms with Crippen molar-refractivity contribution in [1.29, 1.82) is 0 Å². The van der Waals surface area contributed by atoms with Crippen LogP contribution in [0.15, 0.2) is 0 Å². The van der Waals surface area contributed by atoms with E-state index in [9.17, 15) is 9.90 Å². The largest absolute Gasteiger partial charge is 0.481 e. The normalized spacial score (nSPS) is 13.6. The van der Waals surface area contributed by atoms with Crippen LogP contribution in [0.4, 0.5) is 0 Å². The molecule has 0 aliphatic rings. The molecule has 0 radical (unpaired) electrons.